The van der Waals surface area contributed by atoms with Gasteiger partial charge < -0.3 is 42.0 Å². The van der Waals surface area contributed by atoms with Gasteiger partial charge in [0.1, 0.15) is 18.1 Å². The number of fused-ring (bicyclic) bond motifs is 1. The van der Waals surface area contributed by atoms with E-state index in [1.807, 2.05) is 6.07 Å². The van der Waals surface area contributed by atoms with Gasteiger partial charge in [0.05, 0.1) is 18.9 Å². The van der Waals surface area contributed by atoms with Crippen LogP contribution in [0.3, 0.4) is 0 Å². The van der Waals surface area contributed by atoms with Crippen molar-refractivity contribution in [3.05, 3.63) is 36.0 Å². The molecular weight excluding hydrogens is 502 g/mol. The summed E-state index contributed by atoms with van der Waals surface area (Å²) in [4.78, 5) is 75.1. The Morgan fingerprint density at radius 3 is 2.03 bits per heavy atom. The fourth-order valence-electron chi connectivity index (χ4n) is 3.71. The van der Waals surface area contributed by atoms with Crippen LogP contribution < -0.4 is 21.7 Å². The molecule has 38 heavy (non-hydrogen) atoms. The number of carbonyl (C=O) groups excluding carboxylic acids is 3. The second kappa shape index (κ2) is 13.2. The van der Waals surface area contributed by atoms with Crippen LogP contribution in [0.15, 0.2) is 30.5 Å². The molecule has 0 bridgehead atoms. The number of hydrogen-bond acceptors (Lipinski definition) is 7. The second-order valence-electron chi connectivity index (χ2n) is 9.06. The standard InChI is InChI=1S/C24H31N5O9/c1-11(2)20(23(36)28-17(24(37)38)9-19(32)33)29-22(35)16(27-21(34)14(25)8-18(30)31)7-12-10-26-15-6-4-3-5-13(12)15/h3-6,10-11,14,16-17,20,26H,7-9,25H2,1-2H3,(H,27,34)(H,28,36)(H,29,35)(H,30,31)(H,32,33)(H,37,38). The molecule has 4 atom stereocenters. The molecule has 0 aliphatic heterocycles. The third kappa shape index (κ3) is 8.30. The quantitative estimate of drug-likeness (QED) is 0.150. The number of carboxylic acids is 3. The van der Waals surface area contributed by atoms with E-state index < -0.39 is 78.6 Å². The summed E-state index contributed by atoms with van der Waals surface area (Å²) >= 11 is 0. The molecule has 1 aromatic carbocycles. The average molecular weight is 534 g/mol. The van der Waals surface area contributed by atoms with Crippen LogP contribution in [-0.2, 0) is 35.2 Å². The van der Waals surface area contributed by atoms with Crippen molar-refractivity contribution in [1.82, 2.24) is 20.9 Å². The van der Waals surface area contributed by atoms with Crippen molar-refractivity contribution in [3.63, 3.8) is 0 Å². The summed E-state index contributed by atoms with van der Waals surface area (Å²) in [5.41, 5.74) is 7.07. The molecule has 2 aromatic rings. The van der Waals surface area contributed by atoms with Crippen molar-refractivity contribution in [3.8, 4) is 0 Å². The fourth-order valence-corrected chi connectivity index (χ4v) is 3.71. The van der Waals surface area contributed by atoms with E-state index in [4.69, 9.17) is 15.9 Å². The molecule has 14 nitrogen and oxygen atoms in total. The molecule has 0 saturated heterocycles. The minimum Gasteiger partial charge on any atom is -0.481 e. The van der Waals surface area contributed by atoms with E-state index >= 15 is 0 Å². The topological polar surface area (TPSA) is 241 Å². The van der Waals surface area contributed by atoms with E-state index in [2.05, 4.69) is 20.9 Å². The lowest BCUT2D eigenvalue weighted by Crippen LogP contribution is -2.59. The number of nitrogens with two attached hydrogens (primary N) is 1. The zero-order valence-electron chi connectivity index (χ0n) is 20.8. The van der Waals surface area contributed by atoms with Crippen LogP contribution in [0.1, 0.15) is 32.3 Å². The van der Waals surface area contributed by atoms with Gasteiger partial charge in [-0.3, -0.25) is 24.0 Å². The van der Waals surface area contributed by atoms with E-state index in [1.165, 1.54) is 0 Å². The monoisotopic (exact) mass is 533 g/mol. The molecule has 0 saturated carbocycles. The average Bonchev–Trinajstić information content (AvgIpc) is 3.23. The number of carbonyl (C=O) groups is 6. The summed E-state index contributed by atoms with van der Waals surface area (Å²) in [6.45, 7) is 3.15. The normalized spacial score (nSPS) is 14.2. The number of H-pyrrole nitrogens is 1. The number of hydrogen-bond donors (Lipinski definition) is 8. The van der Waals surface area contributed by atoms with Gasteiger partial charge in [-0.25, -0.2) is 4.79 Å². The van der Waals surface area contributed by atoms with Crippen molar-refractivity contribution >= 4 is 46.5 Å². The van der Waals surface area contributed by atoms with Crippen LogP contribution in [0.4, 0.5) is 0 Å². The highest BCUT2D eigenvalue weighted by Gasteiger charge is 2.33. The molecule has 14 heteroatoms. The van der Waals surface area contributed by atoms with Crippen molar-refractivity contribution in [2.24, 2.45) is 11.7 Å². The number of amides is 3. The first kappa shape index (κ1) is 29.8. The predicted octanol–water partition coefficient (Wildman–Crippen LogP) is -0.818. The Labute approximate surface area is 217 Å². The van der Waals surface area contributed by atoms with Crippen molar-refractivity contribution in [1.29, 1.82) is 0 Å². The summed E-state index contributed by atoms with van der Waals surface area (Å²) in [7, 11) is 0. The number of carboxylic acid groups (broad SMARTS) is 3. The van der Waals surface area contributed by atoms with Gasteiger partial charge in [-0.15, -0.1) is 0 Å². The van der Waals surface area contributed by atoms with Gasteiger partial charge in [-0.1, -0.05) is 32.0 Å². The first-order chi connectivity index (χ1) is 17.8. The maximum atomic E-state index is 13.3. The smallest absolute Gasteiger partial charge is 0.326 e. The number of aliphatic carboxylic acids is 3. The van der Waals surface area contributed by atoms with Crippen LogP contribution >= 0.6 is 0 Å². The number of rotatable bonds is 14. The first-order valence-corrected chi connectivity index (χ1v) is 11.7. The highest BCUT2D eigenvalue weighted by molar-refractivity contribution is 5.96. The second-order valence-corrected chi connectivity index (χ2v) is 9.06. The zero-order chi connectivity index (χ0) is 28.6. The van der Waals surface area contributed by atoms with Crippen LogP contribution in [-0.4, -0.2) is 80.1 Å². The minimum absolute atomic E-state index is 0.0510. The maximum Gasteiger partial charge on any atom is 0.326 e. The number of aromatic amines is 1. The van der Waals surface area contributed by atoms with E-state index in [0.29, 0.717) is 5.56 Å². The molecule has 0 aliphatic rings. The van der Waals surface area contributed by atoms with Crippen LogP contribution in [0, 0.1) is 5.92 Å². The molecule has 1 aromatic heterocycles. The molecule has 0 aliphatic carbocycles. The molecule has 0 radical (unpaired) electrons. The Hall–Kier alpha value is -4.46. The fraction of sp³-hybridized carbons (Fsp3) is 0.417. The molecule has 9 N–H and O–H groups in total. The third-order valence-corrected chi connectivity index (χ3v) is 5.70. The van der Waals surface area contributed by atoms with Gasteiger partial charge in [-0.2, -0.15) is 0 Å². The third-order valence-electron chi connectivity index (χ3n) is 5.70. The number of aromatic nitrogens is 1. The van der Waals surface area contributed by atoms with Gasteiger partial charge >= 0.3 is 17.9 Å². The Balaban J connectivity index is 2.29. The predicted molar refractivity (Wildman–Crippen MR) is 133 cm³/mol. The number of benzene rings is 1. The van der Waals surface area contributed by atoms with Gasteiger partial charge in [-0.05, 0) is 17.5 Å². The lowest BCUT2D eigenvalue weighted by molar-refractivity contribution is -0.147. The largest absolute Gasteiger partial charge is 0.481 e. The van der Waals surface area contributed by atoms with E-state index in [0.717, 1.165) is 10.9 Å². The molecule has 3 amide bonds. The summed E-state index contributed by atoms with van der Waals surface area (Å²) in [6, 6.07) is 1.46. The Morgan fingerprint density at radius 2 is 1.45 bits per heavy atom. The lowest BCUT2D eigenvalue weighted by atomic mass is 10.00. The van der Waals surface area contributed by atoms with Crippen molar-refractivity contribution in [2.75, 3.05) is 0 Å². The summed E-state index contributed by atoms with van der Waals surface area (Å²) in [5.74, 6) is -7.51. The minimum atomic E-state index is -1.73. The van der Waals surface area contributed by atoms with Crippen LogP contribution in [0.2, 0.25) is 0 Å². The highest BCUT2D eigenvalue weighted by Crippen LogP contribution is 2.19. The number of para-hydroxylation sites is 1. The van der Waals surface area contributed by atoms with E-state index in [-0.39, 0.29) is 6.42 Å². The summed E-state index contributed by atoms with van der Waals surface area (Å²) < 4.78 is 0. The van der Waals surface area contributed by atoms with Gasteiger partial charge in [0, 0.05) is 23.5 Å². The molecule has 0 spiro atoms. The van der Waals surface area contributed by atoms with Gasteiger partial charge in [0.25, 0.3) is 0 Å². The SMILES string of the molecule is CC(C)C(NC(=O)C(Cc1c[nH]c2ccccc12)NC(=O)C(N)CC(=O)O)C(=O)NC(CC(=O)O)C(=O)O. The first-order valence-electron chi connectivity index (χ1n) is 11.7. The maximum absolute atomic E-state index is 13.3. The molecule has 4 unspecified atom stereocenters. The Kier molecular flexibility index (Phi) is 10.3. The van der Waals surface area contributed by atoms with Crippen LogP contribution in [0.5, 0.6) is 0 Å². The number of nitrogens with one attached hydrogen (secondary N) is 4. The summed E-state index contributed by atoms with van der Waals surface area (Å²) in [6.07, 6.45) is 0.0415. The Bertz CT molecular complexity index is 1210. The summed E-state index contributed by atoms with van der Waals surface area (Å²) in [5, 5.41) is 34.9. The van der Waals surface area contributed by atoms with E-state index in [1.54, 1.807) is 38.2 Å². The molecule has 1 heterocycles. The van der Waals surface area contributed by atoms with E-state index in [9.17, 15) is 33.9 Å². The highest BCUT2D eigenvalue weighted by atomic mass is 16.4. The lowest BCUT2D eigenvalue weighted by Gasteiger charge is -2.27. The van der Waals surface area contributed by atoms with Crippen molar-refractivity contribution in [2.45, 2.75) is 57.3 Å². The molecular formula is C24H31N5O9. The van der Waals surface area contributed by atoms with Gasteiger partial charge in [0.15, 0.2) is 0 Å². The van der Waals surface area contributed by atoms with Crippen molar-refractivity contribution < 1.29 is 44.1 Å². The molecule has 206 valence electrons. The molecule has 2 rings (SSSR count). The zero-order valence-corrected chi connectivity index (χ0v) is 20.8. The Morgan fingerprint density at radius 1 is 0.842 bits per heavy atom. The molecule has 0 fully saturated rings. The van der Waals surface area contributed by atoms with Gasteiger partial charge in [0.2, 0.25) is 17.7 Å². The van der Waals surface area contributed by atoms with Crippen LogP contribution in [0.25, 0.3) is 10.9 Å².